The maximum atomic E-state index is 14.2. The van der Waals surface area contributed by atoms with E-state index < -0.39 is 17.9 Å². The SMILES string of the molecule is CCN(CC)CCOCc1ccccc1CCC1=C(C(=O)OC)[C@@H](c2c(Cl)cccc2Cl)C(C(=O)OC)=C(CC(=O)N2CCN(C3C[C@H]4CC[C@@H](C3)N4C)CC2)N1. The van der Waals surface area contributed by atoms with Crippen LogP contribution in [-0.4, -0.2) is 129 Å². The number of benzene rings is 2. The van der Waals surface area contributed by atoms with E-state index in [-0.39, 0.29) is 33.5 Å². The quantitative estimate of drug-likeness (QED) is 0.156. The van der Waals surface area contributed by atoms with Crippen LogP contribution in [-0.2, 0) is 41.6 Å². The molecule has 2 aromatic rings. The minimum atomic E-state index is -1.06. The molecule has 0 aliphatic carbocycles. The Balaban J connectivity index is 1.27. The van der Waals surface area contributed by atoms with Gasteiger partial charge in [0, 0.05) is 77.9 Å². The molecule has 11 nitrogen and oxygen atoms in total. The third kappa shape index (κ3) is 9.89. The molecule has 13 heteroatoms. The number of esters is 2. The Kier molecular flexibility index (Phi) is 15.1. The molecule has 4 atom stereocenters. The highest BCUT2D eigenvalue weighted by molar-refractivity contribution is 6.36. The van der Waals surface area contributed by atoms with Gasteiger partial charge in [0.15, 0.2) is 0 Å². The number of dihydropyridines is 1. The maximum Gasteiger partial charge on any atom is 0.336 e. The molecular formula is C44H59Cl2N5O6. The van der Waals surface area contributed by atoms with Crippen molar-refractivity contribution in [2.75, 3.05) is 73.7 Å². The predicted molar refractivity (Wildman–Crippen MR) is 223 cm³/mol. The van der Waals surface area contributed by atoms with Gasteiger partial charge in [-0.05, 0) is 81.9 Å². The topological polar surface area (TPSA) is 104 Å². The first-order chi connectivity index (χ1) is 27.6. The summed E-state index contributed by atoms with van der Waals surface area (Å²) in [5.41, 5.74) is 3.66. The van der Waals surface area contributed by atoms with E-state index in [2.05, 4.69) is 53.0 Å². The lowest BCUT2D eigenvalue weighted by Crippen LogP contribution is -2.56. The number of halogens is 2. The number of nitrogens with one attached hydrogen (secondary N) is 1. The number of rotatable bonds is 16. The first kappa shape index (κ1) is 43.1. The van der Waals surface area contributed by atoms with Crippen LogP contribution in [0.25, 0.3) is 0 Å². The maximum absolute atomic E-state index is 14.2. The van der Waals surface area contributed by atoms with Gasteiger partial charge in [0.25, 0.3) is 0 Å². The number of ether oxygens (including phenoxy) is 3. The zero-order chi connectivity index (χ0) is 40.6. The summed E-state index contributed by atoms with van der Waals surface area (Å²) in [5, 5.41) is 3.96. The van der Waals surface area contributed by atoms with Crippen LogP contribution in [0.4, 0.5) is 0 Å². The smallest absolute Gasteiger partial charge is 0.336 e. The number of likely N-dealkylation sites (N-methyl/N-ethyl adjacent to an activating group) is 1. The number of piperidine rings is 1. The van der Waals surface area contributed by atoms with Gasteiger partial charge in [0.1, 0.15) is 0 Å². The summed E-state index contributed by atoms with van der Waals surface area (Å²) in [5.74, 6) is -2.50. The van der Waals surface area contributed by atoms with Gasteiger partial charge in [-0.1, -0.05) is 67.4 Å². The number of carbonyl (C=O) groups is 3. The normalized spacial score (nSPS) is 22.9. The van der Waals surface area contributed by atoms with Crippen LogP contribution in [0.2, 0.25) is 10.0 Å². The number of amides is 1. The summed E-state index contributed by atoms with van der Waals surface area (Å²) in [7, 11) is 4.85. The van der Waals surface area contributed by atoms with Crippen LogP contribution >= 0.6 is 23.2 Å². The molecule has 4 aliphatic rings. The zero-order valence-electron chi connectivity index (χ0n) is 34.2. The van der Waals surface area contributed by atoms with E-state index in [9.17, 15) is 14.4 Å². The lowest BCUT2D eigenvalue weighted by atomic mass is 9.78. The molecule has 2 aromatic carbocycles. The number of aryl methyl sites for hydroxylation is 1. The standard InChI is InChI=1S/C44H59Cl2N5O6/c1-6-49(7-2)23-24-57-28-30-12-9-8-11-29(30)15-18-36-40(43(53)55-4)42(39-34(45)13-10-14-35(39)46)41(44(54)56-5)37(47-36)27-38(52)51-21-19-50(20-22-51)33-25-31-16-17-32(26-33)48(31)3/h8-14,31-33,42,47H,6-7,15-28H2,1-5H3/t31-,32+,33?,42-/m1/s1. The summed E-state index contributed by atoms with van der Waals surface area (Å²) in [6, 6.07) is 15.0. The van der Waals surface area contributed by atoms with E-state index in [1.165, 1.54) is 39.9 Å². The van der Waals surface area contributed by atoms with Crippen LogP contribution in [0.15, 0.2) is 65.0 Å². The van der Waals surface area contributed by atoms with Crippen molar-refractivity contribution < 1.29 is 28.6 Å². The summed E-state index contributed by atoms with van der Waals surface area (Å²) in [6.07, 6.45) is 5.70. The highest BCUT2D eigenvalue weighted by Crippen LogP contribution is 2.46. The second-order valence-electron chi connectivity index (χ2n) is 15.6. The van der Waals surface area contributed by atoms with Gasteiger partial charge in [-0.25, -0.2) is 9.59 Å². The van der Waals surface area contributed by atoms with E-state index in [0.717, 1.165) is 43.9 Å². The Morgan fingerprint density at radius 1 is 0.789 bits per heavy atom. The number of piperazine rings is 1. The van der Waals surface area contributed by atoms with Gasteiger partial charge in [0.05, 0.1) is 50.9 Å². The zero-order valence-corrected chi connectivity index (χ0v) is 35.7. The monoisotopic (exact) mass is 823 g/mol. The van der Waals surface area contributed by atoms with E-state index in [1.54, 1.807) is 18.2 Å². The Morgan fingerprint density at radius 2 is 1.39 bits per heavy atom. The summed E-state index contributed by atoms with van der Waals surface area (Å²) in [4.78, 5) is 51.4. The van der Waals surface area contributed by atoms with Crippen molar-refractivity contribution in [1.29, 1.82) is 0 Å². The molecule has 57 heavy (non-hydrogen) atoms. The number of methoxy groups -OCH3 is 2. The third-order valence-electron chi connectivity index (χ3n) is 12.7. The molecule has 4 aliphatic heterocycles. The van der Waals surface area contributed by atoms with Gasteiger partial charge in [-0.15, -0.1) is 0 Å². The van der Waals surface area contributed by atoms with Crippen molar-refractivity contribution >= 4 is 41.0 Å². The van der Waals surface area contributed by atoms with Gasteiger partial charge in [0.2, 0.25) is 5.91 Å². The predicted octanol–water partition coefficient (Wildman–Crippen LogP) is 6.19. The summed E-state index contributed by atoms with van der Waals surface area (Å²) in [6.45, 7) is 11.0. The molecule has 1 unspecified atom stereocenters. The second kappa shape index (κ2) is 20.0. The van der Waals surface area contributed by atoms with Crippen molar-refractivity contribution in [2.24, 2.45) is 0 Å². The summed E-state index contributed by atoms with van der Waals surface area (Å²) >= 11 is 13.7. The molecule has 0 aromatic heterocycles. The Labute approximate surface area is 348 Å². The van der Waals surface area contributed by atoms with E-state index in [1.807, 2.05) is 17.0 Å². The van der Waals surface area contributed by atoms with Gasteiger partial charge in [-0.2, -0.15) is 0 Å². The van der Waals surface area contributed by atoms with Crippen molar-refractivity contribution in [3.63, 3.8) is 0 Å². The first-order valence-electron chi connectivity index (χ1n) is 20.5. The van der Waals surface area contributed by atoms with E-state index in [4.69, 9.17) is 37.4 Å². The van der Waals surface area contributed by atoms with Crippen molar-refractivity contribution in [3.05, 3.63) is 91.7 Å². The number of hydrogen-bond acceptors (Lipinski definition) is 10. The molecule has 3 saturated heterocycles. The average Bonchev–Trinajstić information content (AvgIpc) is 3.40. The molecule has 1 N–H and O–H groups in total. The van der Waals surface area contributed by atoms with Crippen molar-refractivity contribution in [1.82, 2.24) is 24.9 Å². The molecule has 6 rings (SSSR count). The number of hydrogen-bond donors (Lipinski definition) is 1. The number of nitrogens with zero attached hydrogens (tertiary/aromatic N) is 4. The van der Waals surface area contributed by atoms with E-state index >= 15 is 0 Å². The number of carbonyl (C=O) groups excluding carboxylic acids is 3. The molecule has 1 amide bonds. The Hall–Kier alpha value is -3.45. The van der Waals surface area contributed by atoms with Crippen LogP contribution in [0, 0.1) is 0 Å². The minimum Gasteiger partial charge on any atom is -0.466 e. The first-order valence-corrected chi connectivity index (χ1v) is 21.3. The molecule has 0 saturated carbocycles. The Bertz CT molecular complexity index is 1790. The van der Waals surface area contributed by atoms with Gasteiger partial charge >= 0.3 is 11.9 Å². The van der Waals surface area contributed by atoms with Gasteiger partial charge < -0.3 is 34.2 Å². The average molecular weight is 825 g/mol. The highest BCUT2D eigenvalue weighted by atomic mass is 35.5. The molecule has 310 valence electrons. The van der Waals surface area contributed by atoms with Gasteiger partial charge in [-0.3, -0.25) is 9.69 Å². The third-order valence-corrected chi connectivity index (χ3v) is 13.3. The molecule has 2 bridgehead atoms. The van der Waals surface area contributed by atoms with Crippen LogP contribution < -0.4 is 5.32 Å². The largest absolute Gasteiger partial charge is 0.466 e. The lowest BCUT2D eigenvalue weighted by molar-refractivity contribution is -0.137. The highest BCUT2D eigenvalue weighted by Gasteiger charge is 2.43. The Morgan fingerprint density at radius 3 is 1.98 bits per heavy atom. The molecular weight excluding hydrogens is 765 g/mol. The fourth-order valence-corrected chi connectivity index (χ4v) is 9.94. The summed E-state index contributed by atoms with van der Waals surface area (Å²) < 4.78 is 16.9. The van der Waals surface area contributed by atoms with Crippen molar-refractivity contribution in [3.8, 4) is 0 Å². The minimum absolute atomic E-state index is 0.101. The fraction of sp³-hybridized carbons (Fsp3) is 0.568. The van der Waals surface area contributed by atoms with Crippen molar-refractivity contribution in [2.45, 2.75) is 89.4 Å². The lowest BCUT2D eigenvalue weighted by Gasteiger charge is -2.45. The molecule has 0 radical (unpaired) electrons. The molecule has 4 heterocycles. The fourth-order valence-electron chi connectivity index (χ4n) is 9.32. The van der Waals surface area contributed by atoms with E-state index in [0.29, 0.717) is 74.2 Å². The molecule has 3 fully saturated rings. The number of allylic oxidation sites excluding steroid dienone is 1. The second-order valence-corrected chi connectivity index (χ2v) is 16.4. The molecule has 0 spiro atoms. The number of fused-ring (bicyclic) bond motifs is 2. The van der Waals surface area contributed by atoms with Crippen LogP contribution in [0.5, 0.6) is 0 Å². The van der Waals surface area contributed by atoms with Crippen LogP contribution in [0.3, 0.4) is 0 Å². The van der Waals surface area contributed by atoms with Crippen LogP contribution in [0.1, 0.15) is 75.0 Å².